The summed E-state index contributed by atoms with van der Waals surface area (Å²) in [5, 5.41) is 5.47. The van der Waals surface area contributed by atoms with Gasteiger partial charge in [-0.15, -0.1) is 0 Å². The van der Waals surface area contributed by atoms with E-state index in [0.717, 1.165) is 0 Å². The van der Waals surface area contributed by atoms with Crippen LogP contribution in [0.5, 0.6) is 0 Å². The van der Waals surface area contributed by atoms with Gasteiger partial charge in [0, 0.05) is 18.3 Å². The number of likely N-dealkylation sites (N-methyl/N-ethyl adjacent to an activating group) is 2. The van der Waals surface area contributed by atoms with Crippen LogP contribution in [0.2, 0.25) is 0 Å². The number of carbonyl (C=O) groups is 2. The largest absolute Gasteiger partial charge is 0.355 e. The fraction of sp³-hybridized carbons (Fsp3) is 0.556. The summed E-state index contributed by atoms with van der Waals surface area (Å²) in [6.07, 6.45) is 0. The molecule has 2 amide bonds. The minimum Gasteiger partial charge on any atom is -0.355 e. The van der Waals surface area contributed by atoms with Crippen LogP contribution in [0.1, 0.15) is 34.6 Å². The Morgan fingerprint density at radius 2 is 1.67 bits per heavy atom. The van der Waals surface area contributed by atoms with E-state index in [9.17, 15) is 18.0 Å². The smallest absolute Gasteiger partial charge is 0.241 e. The third kappa shape index (κ3) is 7.28. The Labute approximate surface area is 161 Å². The lowest BCUT2D eigenvalue weighted by molar-refractivity contribution is -0.125. The highest BCUT2D eigenvalue weighted by Gasteiger charge is 2.22. The lowest BCUT2D eigenvalue weighted by atomic mass is 10.2. The molecule has 0 radical (unpaired) electrons. The zero-order valence-corrected chi connectivity index (χ0v) is 17.4. The number of anilines is 1. The van der Waals surface area contributed by atoms with Gasteiger partial charge < -0.3 is 10.6 Å². The van der Waals surface area contributed by atoms with Crippen molar-refractivity contribution < 1.29 is 18.0 Å². The second-order valence-corrected chi connectivity index (χ2v) is 8.20. The number of carbonyl (C=O) groups excluding carboxylic acids is 2. The molecule has 0 aliphatic rings. The Morgan fingerprint density at radius 3 is 2.15 bits per heavy atom. The van der Waals surface area contributed by atoms with Crippen LogP contribution >= 0.6 is 0 Å². The summed E-state index contributed by atoms with van der Waals surface area (Å²) in [5.41, 5.74) is 0.490. The summed E-state index contributed by atoms with van der Waals surface area (Å²) < 4.78 is 26.8. The van der Waals surface area contributed by atoms with Gasteiger partial charge in [0.1, 0.15) is 0 Å². The van der Waals surface area contributed by atoms with Crippen LogP contribution in [-0.4, -0.2) is 56.9 Å². The van der Waals surface area contributed by atoms with Crippen LogP contribution in [0.15, 0.2) is 29.2 Å². The summed E-state index contributed by atoms with van der Waals surface area (Å²) >= 11 is 0. The average molecular weight is 399 g/mol. The molecule has 0 bridgehead atoms. The topological polar surface area (TPSA) is 108 Å². The SMILES string of the molecule is CCNC(=O)CN(CC)[C@H](C)C(=O)Nc1ccc(S(=O)(=O)NC(C)C)cc1. The van der Waals surface area contributed by atoms with Crippen LogP contribution in [0.3, 0.4) is 0 Å². The van der Waals surface area contributed by atoms with Gasteiger partial charge in [-0.1, -0.05) is 6.92 Å². The van der Waals surface area contributed by atoms with Crippen molar-refractivity contribution in [2.45, 2.75) is 51.6 Å². The van der Waals surface area contributed by atoms with Crippen LogP contribution in [0.25, 0.3) is 0 Å². The molecule has 1 aromatic carbocycles. The molecule has 0 unspecified atom stereocenters. The molecule has 1 atom stereocenters. The lowest BCUT2D eigenvalue weighted by Gasteiger charge is -2.26. The predicted octanol–water partition coefficient (Wildman–Crippen LogP) is 1.16. The first-order valence-corrected chi connectivity index (χ1v) is 10.5. The molecule has 0 aliphatic carbocycles. The lowest BCUT2D eigenvalue weighted by Crippen LogP contribution is -2.46. The van der Waals surface area contributed by atoms with Crippen molar-refractivity contribution in [3.05, 3.63) is 24.3 Å². The molecule has 0 heterocycles. The van der Waals surface area contributed by atoms with Gasteiger partial charge in [-0.05, 0) is 58.5 Å². The van der Waals surface area contributed by atoms with E-state index in [1.807, 2.05) is 13.8 Å². The molecular weight excluding hydrogens is 368 g/mol. The number of benzene rings is 1. The Balaban J connectivity index is 2.77. The molecule has 0 saturated carbocycles. The van der Waals surface area contributed by atoms with Crippen molar-refractivity contribution in [3.8, 4) is 0 Å². The van der Waals surface area contributed by atoms with E-state index in [1.54, 1.807) is 37.8 Å². The van der Waals surface area contributed by atoms with Crippen molar-refractivity contribution in [3.63, 3.8) is 0 Å². The van der Waals surface area contributed by atoms with Crippen molar-refractivity contribution in [2.24, 2.45) is 0 Å². The standard InChI is InChI=1S/C18H30N4O4S/c1-6-19-17(23)12-22(7-2)14(5)18(24)20-15-8-10-16(11-9-15)27(25,26)21-13(3)4/h8-11,13-14,21H,6-7,12H2,1-5H3,(H,19,23)(H,20,24)/t14-/m1/s1. The Morgan fingerprint density at radius 1 is 1.07 bits per heavy atom. The quantitative estimate of drug-likeness (QED) is 0.548. The van der Waals surface area contributed by atoms with Crippen molar-refractivity contribution >= 4 is 27.5 Å². The molecular formula is C18H30N4O4S. The molecule has 1 aromatic rings. The normalized spacial score (nSPS) is 12.9. The van der Waals surface area contributed by atoms with E-state index >= 15 is 0 Å². The fourth-order valence-corrected chi connectivity index (χ4v) is 3.72. The molecule has 0 saturated heterocycles. The van der Waals surface area contributed by atoms with Gasteiger partial charge in [0.2, 0.25) is 21.8 Å². The van der Waals surface area contributed by atoms with Crippen LogP contribution < -0.4 is 15.4 Å². The van der Waals surface area contributed by atoms with E-state index < -0.39 is 16.1 Å². The monoisotopic (exact) mass is 398 g/mol. The number of sulfonamides is 1. The first-order chi connectivity index (χ1) is 12.6. The van der Waals surface area contributed by atoms with Gasteiger partial charge in [-0.25, -0.2) is 13.1 Å². The van der Waals surface area contributed by atoms with E-state index in [0.29, 0.717) is 18.8 Å². The molecule has 0 fully saturated rings. The van der Waals surface area contributed by atoms with Crippen molar-refractivity contribution in [1.82, 2.24) is 14.9 Å². The minimum absolute atomic E-state index is 0.133. The molecule has 8 nitrogen and oxygen atoms in total. The number of hydrogen-bond acceptors (Lipinski definition) is 5. The number of amides is 2. The van der Waals surface area contributed by atoms with Gasteiger partial charge in [0.25, 0.3) is 0 Å². The van der Waals surface area contributed by atoms with E-state index in [1.165, 1.54) is 12.1 Å². The third-order valence-corrected chi connectivity index (χ3v) is 5.55. The molecule has 27 heavy (non-hydrogen) atoms. The highest BCUT2D eigenvalue weighted by Crippen LogP contribution is 2.15. The van der Waals surface area contributed by atoms with Gasteiger partial charge in [0.05, 0.1) is 17.5 Å². The van der Waals surface area contributed by atoms with E-state index in [-0.39, 0.29) is 29.3 Å². The maximum atomic E-state index is 12.5. The average Bonchev–Trinajstić information content (AvgIpc) is 2.58. The highest BCUT2D eigenvalue weighted by atomic mass is 32.2. The maximum Gasteiger partial charge on any atom is 0.241 e. The van der Waals surface area contributed by atoms with E-state index in [2.05, 4.69) is 15.4 Å². The highest BCUT2D eigenvalue weighted by molar-refractivity contribution is 7.89. The van der Waals surface area contributed by atoms with Crippen LogP contribution in [0.4, 0.5) is 5.69 Å². The second kappa shape index (κ2) is 10.4. The van der Waals surface area contributed by atoms with Crippen molar-refractivity contribution in [1.29, 1.82) is 0 Å². The van der Waals surface area contributed by atoms with Crippen LogP contribution in [0, 0.1) is 0 Å². The summed E-state index contributed by atoms with van der Waals surface area (Å²) in [6.45, 7) is 10.2. The second-order valence-electron chi connectivity index (χ2n) is 6.48. The van der Waals surface area contributed by atoms with Crippen LogP contribution in [-0.2, 0) is 19.6 Å². The fourth-order valence-electron chi connectivity index (χ4n) is 2.47. The zero-order chi connectivity index (χ0) is 20.6. The summed E-state index contributed by atoms with van der Waals surface area (Å²) in [5.74, 6) is -0.400. The summed E-state index contributed by atoms with van der Waals surface area (Å²) in [4.78, 5) is 26.1. The minimum atomic E-state index is -3.57. The summed E-state index contributed by atoms with van der Waals surface area (Å²) in [6, 6.07) is 5.25. The Hall–Kier alpha value is -1.97. The van der Waals surface area contributed by atoms with E-state index in [4.69, 9.17) is 0 Å². The van der Waals surface area contributed by atoms with Gasteiger partial charge in [-0.3, -0.25) is 14.5 Å². The molecule has 0 aliphatic heterocycles. The molecule has 3 N–H and O–H groups in total. The molecule has 9 heteroatoms. The number of rotatable bonds is 10. The number of nitrogens with one attached hydrogen (secondary N) is 3. The Bertz CT molecular complexity index is 732. The van der Waals surface area contributed by atoms with Gasteiger partial charge >= 0.3 is 0 Å². The maximum absolute atomic E-state index is 12.5. The van der Waals surface area contributed by atoms with Gasteiger partial charge in [-0.2, -0.15) is 0 Å². The summed E-state index contributed by atoms with van der Waals surface area (Å²) in [7, 11) is -3.57. The zero-order valence-electron chi connectivity index (χ0n) is 16.6. The molecule has 0 aromatic heterocycles. The molecule has 152 valence electrons. The first kappa shape index (κ1) is 23.1. The van der Waals surface area contributed by atoms with Crippen molar-refractivity contribution in [2.75, 3.05) is 25.0 Å². The molecule has 1 rings (SSSR count). The third-order valence-electron chi connectivity index (χ3n) is 3.88. The predicted molar refractivity (Wildman–Crippen MR) is 106 cm³/mol. The first-order valence-electron chi connectivity index (χ1n) is 9.04. The van der Waals surface area contributed by atoms with Gasteiger partial charge in [0.15, 0.2) is 0 Å². The molecule has 0 spiro atoms. The number of hydrogen-bond donors (Lipinski definition) is 3. The number of nitrogens with zero attached hydrogens (tertiary/aromatic N) is 1. The Kier molecular flexibility index (Phi) is 8.87.